The van der Waals surface area contributed by atoms with E-state index < -0.39 is 6.10 Å². The summed E-state index contributed by atoms with van der Waals surface area (Å²) in [5, 5.41) is 2.87. The molecule has 3 rings (SSSR count). The Kier molecular flexibility index (Phi) is 4.37. The van der Waals surface area contributed by atoms with Gasteiger partial charge in [0.05, 0.1) is 0 Å². The Hall–Kier alpha value is -2.69. The third-order valence-corrected chi connectivity index (χ3v) is 3.67. The van der Waals surface area contributed by atoms with E-state index in [-0.39, 0.29) is 12.7 Å². The minimum absolute atomic E-state index is 0.161. The Bertz CT molecular complexity index is 714. The van der Waals surface area contributed by atoms with Crippen molar-refractivity contribution >= 4 is 5.91 Å². The van der Waals surface area contributed by atoms with Crippen LogP contribution in [0, 0.1) is 6.92 Å². The summed E-state index contributed by atoms with van der Waals surface area (Å²) in [7, 11) is 0. The first-order chi connectivity index (χ1) is 11.1. The number of hydrogen-bond donors (Lipinski definition) is 1. The maximum atomic E-state index is 12.2. The molecule has 0 bridgehead atoms. The van der Waals surface area contributed by atoms with E-state index in [1.165, 1.54) is 0 Å². The SMILES string of the molecule is Cc1ccccc1O[C@H](C)C(=O)NCc1ccc2c(c1)OCO2. The van der Waals surface area contributed by atoms with Crippen LogP contribution in [0.25, 0.3) is 0 Å². The topological polar surface area (TPSA) is 56.8 Å². The molecule has 1 heterocycles. The summed E-state index contributed by atoms with van der Waals surface area (Å²) in [6.07, 6.45) is -0.565. The number of hydrogen-bond acceptors (Lipinski definition) is 4. The Labute approximate surface area is 135 Å². The van der Waals surface area contributed by atoms with Gasteiger partial charge in [-0.3, -0.25) is 4.79 Å². The first kappa shape index (κ1) is 15.2. The maximum Gasteiger partial charge on any atom is 0.261 e. The molecule has 23 heavy (non-hydrogen) atoms. The average Bonchev–Trinajstić information content (AvgIpc) is 3.02. The van der Waals surface area contributed by atoms with Crippen LogP contribution in [0.15, 0.2) is 42.5 Å². The number of carbonyl (C=O) groups excluding carboxylic acids is 1. The molecule has 2 aromatic carbocycles. The van der Waals surface area contributed by atoms with Crippen molar-refractivity contribution in [3.63, 3.8) is 0 Å². The quantitative estimate of drug-likeness (QED) is 0.922. The zero-order valence-electron chi connectivity index (χ0n) is 13.2. The van der Waals surface area contributed by atoms with Gasteiger partial charge in [0, 0.05) is 6.54 Å². The number of fused-ring (bicyclic) bond motifs is 1. The molecule has 5 nitrogen and oxygen atoms in total. The third-order valence-electron chi connectivity index (χ3n) is 3.67. The van der Waals surface area contributed by atoms with Crippen LogP contribution in [0.5, 0.6) is 17.2 Å². The van der Waals surface area contributed by atoms with Gasteiger partial charge >= 0.3 is 0 Å². The molecule has 5 heteroatoms. The summed E-state index contributed by atoms with van der Waals surface area (Å²) in [5.74, 6) is 2.00. The summed E-state index contributed by atoms with van der Waals surface area (Å²) >= 11 is 0. The van der Waals surface area contributed by atoms with Crippen molar-refractivity contribution in [2.24, 2.45) is 0 Å². The van der Waals surface area contributed by atoms with Gasteiger partial charge in [-0.25, -0.2) is 0 Å². The van der Waals surface area contributed by atoms with Crippen LogP contribution in [0.4, 0.5) is 0 Å². The standard InChI is InChI=1S/C18H19NO4/c1-12-5-3-4-6-15(12)23-13(2)18(20)19-10-14-7-8-16-17(9-14)22-11-21-16/h3-9,13H,10-11H2,1-2H3,(H,19,20)/t13-/m1/s1. The summed E-state index contributed by atoms with van der Waals surface area (Å²) < 4.78 is 16.3. The fraction of sp³-hybridized carbons (Fsp3) is 0.278. The van der Waals surface area contributed by atoms with E-state index in [4.69, 9.17) is 14.2 Å². The largest absolute Gasteiger partial charge is 0.481 e. The number of para-hydroxylation sites is 1. The van der Waals surface area contributed by atoms with E-state index in [9.17, 15) is 4.79 Å². The molecule has 0 aliphatic carbocycles. The highest BCUT2D eigenvalue weighted by Crippen LogP contribution is 2.32. The Balaban J connectivity index is 1.55. The lowest BCUT2D eigenvalue weighted by atomic mass is 10.2. The fourth-order valence-electron chi connectivity index (χ4n) is 2.32. The predicted molar refractivity (Wildman–Crippen MR) is 85.7 cm³/mol. The van der Waals surface area contributed by atoms with Gasteiger partial charge in [-0.05, 0) is 43.2 Å². The molecule has 0 saturated heterocycles. The number of amides is 1. The van der Waals surface area contributed by atoms with Crippen LogP contribution < -0.4 is 19.5 Å². The highest BCUT2D eigenvalue weighted by Gasteiger charge is 2.17. The molecule has 0 radical (unpaired) electrons. The molecule has 1 N–H and O–H groups in total. The maximum absolute atomic E-state index is 12.2. The summed E-state index contributed by atoms with van der Waals surface area (Å²) in [6, 6.07) is 13.3. The summed E-state index contributed by atoms with van der Waals surface area (Å²) in [4.78, 5) is 12.2. The zero-order valence-corrected chi connectivity index (χ0v) is 13.2. The molecule has 120 valence electrons. The number of ether oxygens (including phenoxy) is 3. The first-order valence-electron chi connectivity index (χ1n) is 7.52. The normalized spacial score (nSPS) is 13.5. The van der Waals surface area contributed by atoms with Crippen molar-refractivity contribution in [2.75, 3.05) is 6.79 Å². The second-order valence-corrected chi connectivity index (χ2v) is 5.43. The van der Waals surface area contributed by atoms with Gasteiger partial charge in [-0.1, -0.05) is 24.3 Å². The number of carbonyl (C=O) groups is 1. The molecule has 1 aliphatic heterocycles. The van der Waals surface area contributed by atoms with Crippen LogP contribution in [0.2, 0.25) is 0 Å². The molecule has 1 aliphatic rings. The highest BCUT2D eigenvalue weighted by atomic mass is 16.7. The smallest absolute Gasteiger partial charge is 0.261 e. The molecule has 1 atom stereocenters. The summed E-state index contributed by atoms with van der Waals surface area (Å²) in [5.41, 5.74) is 1.95. The van der Waals surface area contributed by atoms with Crippen molar-refractivity contribution < 1.29 is 19.0 Å². The van der Waals surface area contributed by atoms with Crippen molar-refractivity contribution in [1.82, 2.24) is 5.32 Å². The van der Waals surface area contributed by atoms with E-state index >= 15 is 0 Å². The average molecular weight is 313 g/mol. The van der Waals surface area contributed by atoms with Crippen molar-refractivity contribution in [3.8, 4) is 17.2 Å². The van der Waals surface area contributed by atoms with Crippen molar-refractivity contribution in [2.45, 2.75) is 26.5 Å². The molecule has 0 unspecified atom stereocenters. The third kappa shape index (κ3) is 3.56. The van der Waals surface area contributed by atoms with Gasteiger partial charge in [0.25, 0.3) is 5.91 Å². The number of nitrogens with one attached hydrogen (secondary N) is 1. The van der Waals surface area contributed by atoms with Crippen molar-refractivity contribution in [1.29, 1.82) is 0 Å². The van der Waals surface area contributed by atoms with E-state index in [1.54, 1.807) is 6.92 Å². The van der Waals surface area contributed by atoms with Crippen molar-refractivity contribution in [3.05, 3.63) is 53.6 Å². The molecule has 0 saturated carbocycles. The van der Waals surface area contributed by atoms with Crippen LogP contribution in [0.3, 0.4) is 0 Å². The molecular formula is C18H19NO4. The van der Waals surface area contributed by atoms with Gasteiger partial charge in [-0.2, -0.15) is 0 Å². The fourth-order valence-corrected chi connectivity index (χ4v) is 2.32. The van der Waals surface area contributed by atoms with E-state index in [1.807, 2.05) is 49.4 Å². The number of rotatable bonds is 5. The molecule has 0 spiro atoms. The Morgan fingerprint density at radius 1 is 1.22 bits per heavy atom. The van der Waals surface area contributed by atoms with Crippen LogP contribution >= 0.6 is 0 Å². The number of aryl methyl sites for hydroxylation is 1. The highest BCUT2D eigenvalue weighted by molar-refractivity contribution is 5.80. The molecule has 1 amide bonds. The predicted octanol–water partition coefficient (Wildman–Crippen LogP) is 2.81. The van der Waals surface area contributed by atoms with E-state index in [0.717, 1.165) is 22.6 Å². The zero-order chi connectivity index (χ0) is 16.2. The minimum atomic E-state index is -0.565. The minimum Gasteiger partial charge on any atom is -0.481 e. The Morgan fingerprint density at radius 2 is 2.00 bits per heavy atom. The first-order valence-corrected chi connectivity index (χ1v) is 7.52. The molecule has 0 aromatic heterocycles. The summed E-state index contributed by atoms with van der Waals surface area (Å²) in [6.45, 7) is 4.34. The van der Waals surface area contributed by atoms with Crippen LogP contribution in [-0.2, 0) is 11.3 Å². The lowest BCUT2D eigenvalue weighted by Gasteiger charge is -2.16. The van der Waals surface area contributed by atoms with E-state index in [2.05, 4.69) is 5.32 Å². The van der Waals surface area contributed by atoms with Gasteiger partial charge < -0.3 is 19.5 Å². The lowest BCUT2D eigenvalue weighted by Crippen LogP contribution is -2.36. The van der Waals surface area contributed by atoms with Gasteiger partial charge in [0.2, 0.25) is 6.79 Å². The van der Waals surface area contributed by atoms with Gasteiger partial charge in [0.15, 0.2) is 17.6 Å². The lowest BCUT2D eigenvalue weighted by molar-refractivity contribution is -0.127. The van der Waals surface area contributed by atoms with Gasteiger partial charge in [0.1, 0.15) is 5.75 Å². The van der Waals surface area contributed by atoms with E-state index in [0.29, 0.717) is 12.3 Å². The monoisotopic (exact) mass is 313 g/mol. The number of benzene rings is 2. The van der Waals surface area contributed by atoms with Crippen LogP contribution in [0.1, 0.15) is 18.1 Å². The molecule has 0 fully saturated rings. The second-order valence-electron chi connectivity index (χ2n) is 5.43. The Morgan fingerprint density at radius 3 is 2.83 bits per heavy atom. The molecule has 2 aromatic rings. The second kappa shape index (κ2) is 6.60. The van der Waals surface area contributed by atoms with Crippen LogP contribution in [-0.4, -0.2) is 18.8 Å². The van der Waals surface area contributed by atoms with Gasteiger partial charge in [-0.15, -0.1) is 0 Å². The molecular weight excluding hydrogens is 294 g/mol.